The number of hydrogen-bond acceptors (Lipinski definition) is 3. The highest BCUT2D eigenvalue weighted by Gasteiger charge is 2.39. The van der Waals surface area contributed by atoms with E-state index in [0.717, 1.165) is 15.4 Å². The van der Waals surface area contributed by atoms with E-state index in [1.54, 1.807) is 43.3 Å². The van der Waals surface area contributed by atoms with Crippen molar-refractivity contribution in [2.75, 3.05) is 0 Å². The summed E-state index contributed by atoms with van der Waals surface area (Å²) < 4.78 is 42.2. The maximum Gasteiger partial charge on any atom is 0.435 e. The third kappa shape index (κ3) is 3.07. The van der Waals surface area contributed by atoms with Gasteiger partial charge in [-0.25, -0.2) is 0 Å². The molecule has 0 atom stereocenters. The van der Waals surface area contributed by atoms with E-state index >= 15 is 0 Å². The van der Waals surface area contributed by atoms with Crippen molar-refractivity contribution < 1.29 is 13.2 Å². The first kappa shape index (κ1) is 19.0. The van der Waals surface area contributed by atoms with Gasteiger partial charge in [-0.2, -0.15) is 22.8 Å². The minimum absolute atomic E-state index is 0.00137. The molecule has 1 N–H and O–H groups in total. The van der Waals surface area contributed by atoms with E-state index in [1.807, 2.05) is 24.3 Å². The first-order chi connectivity index (χ1) is 14.8. The Balaban J connectivity index is 1.83. The van der Waals surface area contributed by atoms with E-state index in [9.17, 15) is 18.0 Å². The molecule has 0 amide bonds. The second-order valence-electron chi connectivity index (χ2n) is 7.19. The third-order valence-electron chi connectivity index (χ3n) is 5.18. The lowest BCUT2D eigenvalue weighted by Gasteiger charge is -2.09. The summed E-state index contributed by atoms with van der Waals surface area (Å²) in [6.45, 7) is 1.65. The molecule has 0 spiro atoms. The summed E-state index contributed by atoms with van der Waals surface area (Å²) in [5, 5.41) is 4.50. The van der Waals surface area contributed by atoms with Gasteiger partial charge in [0.25, 0.3) is 5.56 Å². The third-order valence-corrected chi connectivity index (χ3v) is 5.18. The van der Waals surface area contributed by atoms with Crippen LogP contribution in [0.1, 0.15) is 11.4 Å². The molecule has 2 aromatic carbocycles. The summed E-state index contributed by atoms with van der Waals surface area (Å²) in [5.74, 6) is 0. The summed E-state index contributed by atoms with van der Waals surface area (Å²) >= 11 is 0. The van der Waals surface area contributed by atoms with Crippen LogP contribution in [0.15, 0.2) is 71.7 Å². The summed E-state index contributed by atoms with van der Waals surface area (Å²) in [7, 11) is 0. The molecular weight excluding hydrogens is 405 g/mol. The molecular formula is C23H15F3N4O. The largest absolute Gasteiger partial charge is 0.435 e. The van der Waals surface area contributed by atoms with Gasteiger partial charge in [0.1, 0.15) is 5.65 Å². The SMILES string of the molecule is Cc1[nH]c2c(-c3ccccc3)c(C(F)(F)F)nn2c(=O)c1-c1cnc2ccccc2c1. The first-order valence-corrected chi connectivity index (χ1v) is 9.48. The smallest absolute Gasteiger partial charge is 0.343 e. The molecule has 0 aliphatic rings. The summed E-state index contributed by atoms with van der Waals surface area (Å²) in [4.78, 5) is 20.6. The van der Waals surface area contributed by atoms with Gasteiger partial charge >= 0.3 is 6.18 Å². The van der Waals surface area contributed by atoms with Crippen LogP contribution in [0.3, 0.4) is 0 Å². The number of aryl methyl sites for hydroxylation is 1. The number of nitrogens with zero attached hydrogens (tertiary/aromatic N) is 3. The zero-order valence-corrected chi connectivity index (χ0v) is 16.2. The second kappa shape index (κ2) is 6.80. The molecule has 8 heteroatoms. The van der Waals surface area contributed by atoms with Gasteiger partial charge in [-0.05, 0) is 24.6 Å². The number of fused-ring (bicyclic) bond motifs is 2. The normalized spacial score (nSPS) is 12.0. The highest BCUT2D eigenvalue weighted by Crippen LogP contribution is 2.38. The molecule has 5 nitrogen and oxygen atoms in total. The van der Waals surface area contributed by atoms with Crippen LogP contribution in [-0.4, -0.2) is 19.6 Å². The average molecular weight is 420 g/mol. The number of benzene rings is 2. The van der Waals surface area contributed by atoms with Crippen molar-refractivity contribution in [3.8, 4) is 22.3 Å². The van der Waals surface area contributed by atoms with E-state index in [4.69, 9.17) is 0 Å². The van der Waals surface area contributed by atoms with E-state index in [0.29, 0.717) is 16.8 Å². The molecule has 0 aliphatic carbocycles. The summed E-state index contributed by atoms with van der Waals surface area (Å²) in [6, 6.07) is 17.3. The topological polar surface area (TPSA) is 63.1 Å². The fourth-order valence-corrected chi connectivity index (χ4v) is 3.81. The van der Waals surface area contributed by atoms with Gasteiger partial charge in [-0.15, -0.1) is 0 Å². The molecule has 3 heterocycles. The zero-order valence-electron chi connectivity index (χ0n) is 16.2. The van der Waals surface area contributed by atoms with Gasteiger partial charge in [0.15, 0.2) is 5.69 Å². The van der Waals surface area contributed by atoms with Crippen LogP contribution in [-0.2, 0) is 6.18 Å². The molecule has 0 bridgehead atoms. The fraction of sp³-hybridized carbons (Fsp3) is 0.0870. The van der Waals surface area contributed by atoms with Gasteiger partial charge in [0.2, 0.25) is 0 Å². The minimum Gasteiger partial charge on any atom is -0.343 e. The maximum atomic E-state index is 13.8. The Bertz CT molecular complexity index is 1500. The summed E-state index contributed by atoms with van der Waals surface area (Å²) in [6.07, 6.45) is -3.19. The van der Waals surface area contributed by atoms with Crippen LogP contribution in [0.2, 0.25) is 0 Å². The average Bonchev–Trinajstić information content (AvgIpc) is 3.14. The van der Waals surface area contributed by atoms with Crippen molar-refractivity contribution >= 4 is 16.6 Å². The lowest BCUT2D eigenvalue weighted by Crippen LogP contribution is -2.19. The molecule has 3 aromatic heterocycles. The highest BCUT2D eigenvalue weighted by molar-refractivity contribution is 5.85. The number of halogens is 3. The molecule has 0 fully saturated rings. The van der Waals surface area contributed by atoms with Gasteiger partial charge < -0.3 is 4.98 Å². The van der Waals surface area contributed by atoms with E-state index in [-0.39, 0.29) is 16.8 Å². The fourth-order valence-electron chi connectivity index (χ4n) is 3.81. The molecule has 0 aliphatic heterocycles. The number of nitrogens with one attached hydrogen (secondary N) is 1. The van der Waals surface area contributed by atoms with E-state index in [2.05, 4.69) is 15.1 Å². The number of aromatic amines is 1. The Morgan fingerprint density at radius 1 is 0.935 bits per heavy atom. The van der Waals surface area contributed by atoms with Gasteiger partial charge in [-0.3, -0.25) is 9.78 Å². The Morgan fingerprint density at radius 2 is 1.65 bits per heavy atom. The van der Waals surface area contributed by atoms with Crippen LogP contribution in [0.25, 0.3) is 38.8 Å². The molecule has 0 saturated carbocycles. The molecule has 5 aromatic rings. The van der Waals surface area contributed by atoms with Crippen LogP contribution in [0.5, 0.6) is 0 Å². The number of alkyl halides is 3. The number of hydrogen-bond donors (Lipinski definition) is 1. The van der Waals surface area contributed by atoms with Crippen molar-refractivity contribution in [3.05, 3.63) is 88.6 Å². The van der Waals surface area contributed by atoms with Crippen LogP contribution < -0.4 is 5.56 Å². The number of para-hydroxylation sites is 1. The van der Waals surface area contributed by atoms with Crippen LogP contribution >= 0.6 is 0 Å². The van der Waals surface area contributed by atoms with Gasteiger partial charge in [-0.1, -0.05) is 48.5 Å². The predicted molar refractivity (Wildman–Crippen MR) is 112 cm³/mol. The second-order valence-corrected chi connectivity index (χ2v) is 7.19. The highest BCUT2D eigenvalue weighted by atomic mass is 19.4. The van der Waals surface area contributed by atoms with Crippen molar-refractivity contribution in [1.29, 1.82) is 0 Å². The Kier molecular flexibility index (Phi) is 4.18. The molecule has 0 saturated heterocycles. The van der Waals surface area contributed by atoms with E-state index in [1.165, 1.54) is 6.20 Å². The van der Waals surface area contributed by atoms with Crippen LogP contribution in [0.4, 0.5) is 13.2 Å². The van der Waals surface area contributed by atoms with Crippen molar-refractivity contribution in [1.82, 2.24) is 19.6 Å². The predicted octanol–water partition coefficient (Wildman–Crippen LogP) is 5.23. The first-order valence-electron chi connectivity index (χ1n) is 9.48. The molecule has 5 rings (SSSR count). The maximum absolute atomic E-state index is 13.8. The molecule has 31 heavy (non-hydrogen) atoms. The van der Waals surface area contributed by atoms with Crippen molar-refractivity contribution in [3.63, 3.8) is 0 Å². The standard InChI is InChI=1S/C23H15F3N4O/c1-13-18(16-11-15-9-5-6-10-17(15)27-12-16)22(31)30-21(28-13)19(14-7-3-2-4-8-14)20(29-30)23(24,25)26/h2-12,28H,1H3. The van der Waals surface area contributed by atoms with E-state index < -0.39 is 17.4 Å². The number of pyridine rings is 1. The summed E-state index contributed by atoms with van der Waals surface area (Å²) in [5.41, 5.74) is 0.323. The number of aromatic nitrogens is 4. The van der Waals surface area contributed by atoms with Crippen molar-refractivity contribution in [2.24, 2.45) is 0 Å². The lowest BCUT2D eigenvalue weighted by molar-refractivity contribution is -0.140. The molecule has 0 radical (unpaired) electrons. The molecule has 0 unspecified atom stereocenters. The van der Waals surface area contributed by atoms with Crippen LogP contribution in [0, 0.1) is 6.92 Å². The van der Waals surface area contributed by atoms with Gasteiger partial charge in [0, 0.05) is 22.8 Å². The Hall–Kier alpha value is -3.94. The van der Waals surface area contributed by atoms with Gasteiger partial charge in [0.05, 0.1) is 16.6 Å². The van der Waals surface area contributed by atoms with Crippen molar-refractivity contribution in [2.45, 2.75) is 13.1 Å². The number of rotatable bonds is 2. The number of H-pyrrole nitrogens is 1. The Morgan fingerprint density at radius 3 is 2.39 bits per heavy atom. The minimum atomic E-state index is -4.73. The Labute approximate surface area is 173 Å². The molecule has 154 valence electrons. The lowest BCUT2D eigenvalue weighted by atomic mass is 10.0. The zero-order chi connectivity index (χ0) is 21.8. The quantitative estimate of drug-likeness (QED) is 0.425. The monoisotopic (exact) mass is 420 g/mol.